The van der Waals surface area contributed by atoms with Crippen molar-refractivity contribution in [2.75, 3.05) is 5.33 Å². The van der Waals surface area contributed by atoms with Gasteiger partial charge in [0.25, 0.3) is 0 Å². The summed E-state index contributed by atoms with van der Waals surface area (Å²) in [7, 11) is -4.32. The van der Waals surface area contributed by atoms with Crippen LogP contribution in [0.2, 0.25) is 0 Å². The van der Waals surface area contributed by atoms with Crippen molar-refractivity contribution < 1.29 is 21.2 Å². The van der Waals surface area contributed by atoms with Crippen LogP contribution in [0.4, 0.5) is 0 Å². The predicted octanol–water partition coefficient (Wildman–Crippen LogP) is 3.82. The first-order chi connectivity index (χ1) is 12.4. The lowest BCUT2D eigenvalue weighted by atomic mass is 10.1. The van der Waals surface area contributed by atoms with Gasteiger partial charge in [-0.2, -0.15) is 0 Å². The van der Waals surface area contributed by atoms with Crippen LogP contribution in [0.25, 0.3) is 11.0 Å². The van der Waals surface area contributed by atoms with Crippen LogP contribution in [0.3, 0.4) is 0 Å². The molecule has 3 rings (SSSR count). The van der Waals surface area contributed by atoms with Gasteiger partial charge in [-0.25, -0.2) is 4.79 Å². The first-order valence-corrected chi connectivity index (χ1v) is 10.2. The van der Waals surface area contributed by atoms with Gasteiger partial charge in [-0.05, 0) is 48.7 Å². The number of fused-ring (bicyclic) bond motifs is 1. The molecule has 0 bridgehead atoms. The third kappa shape index (κ3) is 4.86. The van der Waals surface area contributed by atoms with Gasteiger partial charge in [0.1, 0.15) is 17.1 Å². The number of hydrogen-bond acceptors (Lipinski definition) is 6. The zero-order chi connectivity index (χ0) is 18.6. The second kappa shape index (κ2) is 7.92. The van der Waals surface area contributed by atoms with Gasteiger partial charge in [0.2, 0.25) is 0 Å². The lowest BCUT2D eigenvalue weighted by molar-refractivity contribution is 0.392. The Labute approximate surface area is 158 Å². The molecule has 3 aromatic rings. The largest absolute Gasteiger partial charge is 0.500 e. The Kier molecular flexibility index (Phi) is 5.63. The van der Waals surface area contributed by atoms with Gasteiger partial charge in [0.15, 0.2) is 0 Å². The highest BCUT2D eigenvalue weighted by molar-refractivity contribution is 9.09. The average Bonchev–Trinajstić information content (AvgIpc) is 2.60. The van der Waals surface area contributed by atoms with Gasteiger partial charge >= 0.3 is 16.0 Å². The SMILES string of the molecule is O=c1ccc2ccc(OS(=O)(=O)Oc3ccc(CCCBr)cc3)cc2o1. The molecule has 0 N–H and O–H groups in total. The Morgan fingerprint density at radius 1 is 0.923 bits per heavy atom. The zero-order valence-electron chi connectivity index (χ0n) is 13.6. The third-order valence-corrected chi connectivity index (χ3v) is 4.87. The summed E-state index contributed by atoms with van der Waals surface area (Å²) in [5, 5.41) is 1.55. The van der Waals surface area contributed by atoms with E-state index >= 15 is 0 Å². The van der Waals surface area contributed by atoms with Crippen LogP contribution in [-0.4, -0.2) is 13.7 Å². The van der Waals surface area contributed by atoms with E-state index in [1.807, 2.05) is 0 Å². The standard InChI is InChI=1S/C18H15BrO6S/c19-11-1-2-13-3-7-15(8-4-13)24-26(21,22)25-16-9-5-14-6-10-18(20)23-17(14)12-16/h3-10,12H,1-2,11H2. The molecule has 8 heteroatoms. The number of benzene rings is 2. The number of halogens is 1. The topological polar surface area (TPSA) is 82.8 Å². The van der Waals surface area contributed by atoms with Crippen molar-refractivity contribution in [3.8, 4) is 11.5 Å². The van der Waals surface area contributed by atoms with E-state index in [2.05, 4.69) is 15.9 Å². The van der Waals surface area contributed by atoms with E-state index in [9.17, 15) is 13.2 Å². The van der Waals surface area contributed by atoms with Gasteiger partial charge in [0, 0.05) is 22.8 Å². The molecule has 0 unspecified atom stereocenters. The molecule has 136 valence electrons. The van der Waals surface area contributed by atoms with Gasteiger partial charge in [-0.3, -0.25) is 0 Å². The first kappa shape index (κ1) is 18.5. The van der Waals surface area contributed by atoms with E-state index in [0.717, 1.165) is 23.7 Å². The number of rotatable bonds is 7. The highest BCUT2D eigenvalue weighted by Crippen LogP contribution is 2.22. The molecular weight excluding hydrogens is 424 g/mol. The van der Waals surface area contributed by atoms with Crippen molar-refractivity contribution in [2.24, 2.45) is 0 Å². The fourth-order valence-electron chi connectivity index (χ4n) is 2.33. The number of alkyl halides is 1. The predicted molar refractivity (Wildman–Crippen MR) is 101 cm³/mol. The monoisotopic (exact) mass is 438 g/mol. The Hall–Kier alpha value is -2.32. The molecular formula is C18H15BrO6S. The Bertz CT molecular complexity index is 1060. The van der Waals surface area contributed by atoms with Gasteiger partial charge in [-0.15, -0.1) is 8.42 Å². The molecule has 26 heavy (non-hydrogen) atoms. The van der Waals surface area contributed by atoms with Crippen LogP contribution < -0.4 is 14.0 Å². The minimum absolute atomic E-state index is 0.0132. The fourth-order valence-corrected chi connectivity index (χ4v) is 3.33. The normalized spacial score (nSPS) is 11.4. The van der Waals surface area contributed by atoms with Crippen molar-refractivity contribution in [1.29, 1.82) is 0 Å². The third-order valence-electron chi connectivity index (χ3n) is 3.51. The van der Waals surface area contributed by atoms with E-state index in [4.69, 9.17) is 12.8 Å². The zero-order valence-corrected chi connectivity index (χ0v) is 16.0. The first-order valence-electron chi connectivity index (χ1n) is 7.78. The van der Waals surface area contributed by atoms with Crippen LogP contribution in [-0.2, 0) is 16.8 Å². The van der Waals surface area contributed by atoms with Crippen LogP contribution in [0.1, 0.15) is 12.0 Å². The quantitative estimate of drug-likeness (QED) is 0.411. The highest BCUT2D eigenvalue weighted by atomic mass is 79.9. The van der Waals surface area contributed by atoms with Crippen LogP contribution in [0, 0.1) is 0 Å². The maximum Gasteiger partial charge on any atom is 0.500 e. The molecule has 0 fully saturated rings. The molecule has 0 saturated carbocycles. The molecule has 0 spiro atoms. The van der Waals surface area contributed by atoms with E-state index < -0.39 is 16.0 Å². The van der Waals surface area contributed by atoms with Gasteiger partial charge in [0.05, 0.1) is 0 Å². The molecule has 0 radical (unpaired) electrons. The average molecular weight is 439 g/mol. The van der Waals surface area contributed by atoms with E-state index in [0.29, 0.717) is 5.39 Å². The molecule has 0 aliphatic carbocycles. The van der Waals surface area contributed by atoms with Crippen molar-refractivity contribution in [3.05, 3.63) is 70.6 Å². The minimum Gasteiger partial charge on any atom is -0.423 e. The summed E-state index contributed by atoms with van der Waals surface area (Å²) in [5.74, 6) is 0.140. The Balaban J connectivity index is 1.73. The fraction of sp³-hybridized carbons (Fsp3) is 0.167. The lowest BCUT2D eigenvalue weighted by Crippen LogP contribution is -2.16. The van der Waals surface area contributed by atoms with Gasteiger partial charge < -0.3 is 12.8 Å². The molecule has 6 nitrogen and oxygen atoms in total. The second-order valence-electron chi connectivity index (χ2n) is 5.47. The smallest absolute Gasteiger partial charge is 0.423 e. The van der Waals surface area contributed by atoms with Crippen molar-refractivity contribution in [2.45, 2.75) is 12.8 Å². The number of hydrogen-bond donors (Lipinski definition) is 0. The minimum atomic E-state index is -4.32. The van der Waals surface area contributed by atoms with E-state index in [1.54, 1.807) is 36.4 Å². The van der Waals surface area contributed by atoms with Gasteiger partial charge in [-0.1, -0.05) is 28.1 Å². The molecule has 0 aliphatic rings. The summed E-state index contributed by atoms with van der Waals surface area (Å²) < 4.78 is 39.1. The van der Waals surface area contributed by atoms with Crippen LogP contribution in [0.5, 0.6) is 11.5 Å². The Morgan fingerprint density at radius 2 is 1.58 bits per heavy atom. The highest BCUT2D eigenvalue weighted by Gasteiger charge is 2.16. The molecule has 1 heterocycles. The van der Waals surface area contributed by atoms with Crippen molar-refractivity contribution >= 4 is 37.3 Å². The summed E-state index contributed by atoms with van der Waals surface area (Å²) in [6.45, 7) is 0. The molecule has 2 aromatic carbocycles. The van der Waals surface area contributed by atoms with Crippen LogP contribution >= 0.6 is 15.9 Å². The molecule has 1 aromatic heterocycles. The summed E-state index contributed by atoms with van der Waals surface area (Å²) in [5.41, 5.74) is 0.773. The van der Waals surface area contributed by atoms with Crippen LogP contribution in [0.15, 0.2) is 63.8 Å². The maximum atomic E-state index is 12.1. The lowest BCUT2D eigenvalue weighted by Gasteiger charge is -2.09. The summed E-state index contributed by atoms with van der Waals surface area (Å²) in [6.07, 6.45) is 1.87. The van der Waals surface area contributed by atoms with E-state index in [1.165, 1.54) is 18.2 Å². The summed E-state index contributed by atoms with van der Waals surface area (Å²) >= 11 is 3.37. The summed E-state index contributed by atoms with van der Waals surface area (Å²) in [6, 6.07) is 14.0. The Morgan fingerprint density at radius 3 is 2.31 bits per heavy atom. The molecule has 0 amide bonds. The molecule has 0 atom stereocenters. The number of aryl methyl sites for hydroxylation is 1. The molecule has 0 aliphatic heterocycles. The van der Waals surface area contributed by atoms with Crippen molar-refractivity contribution in [3.63, 3.8) is 0 Å². The van der Waals surface area contributed by atoms with E-state index in [-0.39, 0.29) is 17.1 Å². The van der Waals surface area contributed by atoms with Crippen molar-refractivity contribution in [1.82, 2.24) is 0 Å². The molecule has 0 saturated heterocycles. The second-order valence-corrected chi connectivity index (χ2v) is 7.41. The summed E-state index contributed by atoms with van der Waals surface area (Å²) in [4.78, 5) is 11.3. The maximum absolute atomic E-state index is 12.1.